The summed E-state index contributed by atoms with van der Waals surface area (Å²) < 4.78 is 1.32. The third-order valence-corrected chi connectivity index (χ3v) is 5.83. The molecule has 2 aromatic rings. The molecule has 0 radical (unpaired) electrons. The van der Waals surface area contributed by atoms with Crippen molar-refractivity contribution < 1.29 is 9.69 Å². The molecule has 1 fully saturated rings. The van der Waals surface area contributed by atoms with E-state index in [9.17, 15) is 9.59 Å². The van der Waals surface area contributed by atoms with Gasteiger partial charge in [0.15, 0.2) is 6.54 Å². The third-order valence-electron chi connectivity index (χ3n) is 5.47. The van der Waals surface area contributed by atoms with E-state index in [1.807, 2.05) is 30.3 Å². The second-order valence-electron chi connectivity index (χ2n) is 7.39. The average Bonchev–Trinajstić information content (AvgIpc) is 2.75. The first kappa shape index (κ1) is 21.3. The van der Waals surface area contributed by atoms with Crippen LogP contribution in [0.15, 0.2) is 41.3 Å². The zero-order valence-corrected chi connectivity index (χ0v) is 17.8. The summed E-state index contributed by atoms with van der Waals surface area (Å²) in [6, 6.07) is 9.48. The van der Waals surface area contributed by atoms with Crippen molar-refractivity contribution in [3.05, 3.63) is 51.9 Å². The van der Waals surface area contributed by atoms with Gasteiger partial charge in [-0.05, 0) is 25.0 Å². The fourth-order valence-electron chi connectivity index (χ4n) is 3.64. The summed E-state index contributed by atoms with van der Waals surface area (Å²) in [6.45, 7) is 7.73. The molecule has 1 aromatic carbocycles. The molecule has 7 nitrogen and oxygen atoms in total. The number of amides is 1. The van der Waals surface area contributed by atoms with Gasteiger partial charge >= 0.3 is 0 Å². The number of hydrogen-bond acceptors (Lipinski definition) is 4. The van der Waals surface area contributed by atoms with E-state index in [2.05, 4.69) is 29.2 Å². The molecule has 1 aliphatic rings. The van der Waals surface area contributed by atoms with Gasteiger partial charge in [0.2, 0.25) is 0 Å². The molecular formula is C21H29ClN5O2+. The van der Waals surface area contributed by atoms with Crippen LogP contribution in [0.5, 0.6) is 0 Å². The molecule has 29 heavy (non-hydrogen) atoms. The smallest absolute Gasteiger partial charge is 0.292 e. The lowest BCUT2D eigenvalue weighted by Gasteiger charge is -2.33. The van der Waals surface area contributed by atoms with Gasteiger partial charge in [-0.15, -0.1) is 0 Å². The van der Waals surface area contributed by atoms with Crippen LogP contribution in [0.4, 0.5) is 5.69 Å². The molecule has 1 amide bonds. The van der Waals surface area contributed by atoms with Crippen molar-refractivity contribution in [1.82, 2.24) is 15.1 Å². The van der Waals surface area contributed by atoms with Crippen LogP contribution in [0.25, 0.3) is 5.69 Å². The van der Waals surface area contributed by atoms with Gasteiger partial charge in [0.25, 0.3) is 11.5 Å². The molecule has 1 aliphatic heterocycles. The molecule has 0 bridgehead atoms. The lowest BCUT2D eigenvalue weighted by molar-refractivity contribution is -0.892. The summed E-state index contributed by atoms with van der Waals surface area (Å²) in [4.78, 5) is 28.2. The quantitative estimate of drug-likeness (QED) is 0.700. The molecule has 0 saturated carbocycles. The number of aromatic nitrogens is 2. The van der Waals surface area contributed by atoms with Gasteiger partial charge < -0.3 is 15.1 Å². The van der Waals surface area contributed by atoms with Crippen molar-refractivity contribution in [3.8, 4) is 5.69 Å². The van der Waals surface area contributed by atoms with Crippen molar-refractivity contribution in [3.63, 3.8) is 0 Å². The Kier molecular flexibility index (Phi) is 7.28. The molecule has 156 valence electrons. The highest BCUT2D eigenvalue weighted by molar-refractivity contribution is 6.33. The zero-order valence-electron chi connectivity index (χ0n) is 17.0. The number of rotatable bonds is 7. The summed E-state index contributed by atoms with van der Waals surface area (Å²) in [7, 11) is 0. The summed E-state index contributed by atoms with van der Waals surface area (Å²) in [5.41, 5.74) is 1.02. The van der Waals surface area contributed by atoms with E-state index >= 15 is 0 Å². The number of anilines is 1. The Hall–Kier alpha value is -2.38. The Labute approximate surface area is 176 Å². The maximum atomic E-state index is 12.7. The van der Waals surface area contributed by atoms with Gasteiger partial charge in [-0.2, -0.15) is 9.78 Å². The van der Waals surface area contributed by atoms with Crippen molar-refractivity contribution in [1.29, 1.82) is 0 Å². The number of nitrogens with one attached hydrogen (secondary N) is 2. The summed E-state index contributed by atoms with van der Waals surface area (Å²) in [6.07, 6.45) is 3.55. The van der Waals surface area contributed by atoms with E-state index in [0.717, 1.165) is 39.0 Å². The summed E-state index contributed by atoms with van der Waals surface area (Å²) >= 11 is 6.41. The standard InChI is InChI=1S/C21H28ClN5O2/c1-3-16(4-2)24-19(28)15-25-10-12-26(13-11-25)18-14-23-27(21(29)20(18)22)17-8-6-5-7-9-17/h5-9,14,16H,3-4,10-13,15H2,1-2H3,(H,24,28)/p+1. The van der Waals surface area contributed by atoms with Crippen LogP contribution >= 0.6 is 11.6 Å². The first-order chi connectivity index (χ1) is 14.0. The minimum atomic E-state index is -0.324. The second-order valence-corrected chi connectivity index (χ2v) is 7.77. The molecule has 2 N–H and O–H groups in total. The average molecular weight is 419 g/mol. The Bertz CT molecular complexity index is 874. The van der Waals surface area contributed by atoms with Crippen LogP contribution in [0, 0.1) is 0 Å². The van der Waals surface area contributed by atoms with E-state index in [0.29, 0.717) is 17.9 Å². The predicted octanol–water partition coefficient (Wildman–Crippen LogP) is 0.896. The van der Waals surface area contributed by atoms with Crippen LogP contribution in [0.3, 0.4) is 0 Å². The van der Waals surface area contributed by atoms with E-state index in [1.165, 1.54) is 9.58 Å². The van der Waals surface area contributed by atoms with Crippen molar-refractivity contribution in [2.45, 2.75) is 32.7 Å². The number of quaternary nitrogens is 1. The largest absolute Gasteiger partial charge is 0.358 e. The van der Waals surface area contributed by atoms with Crippen molar-refractivity contribution >= 4 is 23.2 Å². The van der Waals surface area contributed by atoms with E-state index in [-0.39, 0.29) is 22.5 Å². The molecule has 1 saturated heterocycles. The van der Waals surface area contributed by atoms with E-state index in [1.54, 1.807) is 6.20 Å². The third kappa shape index (κ3) is 5.16. The molecule has 0 unspecified atom stereocenters. The van der Waals surface area contributed by atoms with Crippen molar-refractivity contribution in [2.24, 2.45) is 0 Å². The maximum absolute atomic E-state index is 12.7. The van der Waals surface area contributed by atoms with Gasteiger partial charge in [-0.25, -0.2) is 0 Å². The van der Waals surface area contributed by atoms with Gasteiger partial charge in [0.1, 0.15) is 5.02 Å². The Morgan fingerprint density at radius 3 is 2.48 bits per heavy atom. The highest BCUT2D eigenvalue weighted by atomic mass is 35.5. The predicted molar refractivity (Wildman–Crippen MR) is 115 cm³/mol. The number of piperazine rings is 1. The molecule has 0 atom stereocenters. The molecular weight excluding hydrogens is 390 g/mol. The van der Waals surface area contributed by atoms with E-state index < -0.39 is 0 Å². The first-order valence-electron chi connectivity index (χ1n) is 10.2. The molecule has 8 heteroatoms. The van der Waals surface area contributed by atoms with Crippen LogP contribution in [-0.4, -0.2) is 54.5 Å². The minimum Gasteiger partial charge on any atom is -0.358 e. The Morgan fingerprint density at radius 2 is 1.86 bits per heavy atom. The summed E-state index contributed by atoms with van der Waals surface area (Å²) in [5.74, 6) is 0.104. The molecule has 0 spiro atoms. The number of benzene rings is 1. The fraction of sp³-hybridized carbons (Fsp3) is 0.476. The normalized spacial score (nSPS) is 15.0. The number of halogens is 1. The monoisotopic (exact) mass is 418 g/mol. The summed E-state index contributed by atoms with van der Waals surface area (Å²) in [5, 5.41) is 7.59. The topological polar surface area (TPSA) is 71.7 Å². The number of nitrogens with zero attached hydrogens (tertiary/aromatic N) is 3. The minimum absolute atomic E-state index is 0.104. The molecule has 1 aromatic heterocycles. The molecule has 2 heterocycles. The lowest BCUT2D eigenvalue weighted by Crippen LogP contribution is -3.16. The highest BCUT2D eigenvalue weighted by Gasteiger charge is 2.25. The fourth-order valence-corrected chi connectivity index (χ4v) is 3.89. The van der Waals surface area contributed by atoms with Crippen molar-refractivity contribution in [2.75, 3.05) is 37.6 Å². The number of carbonyl (C=O) groups excluding carboxylic acids is 1. The highest BCUT2D eigenvalue weighted by Crippen LogP contribution is 2.21. The maximum Gasteiger partial charge on any atom is 0.292 e. The van der Waals surface area contributed by atoms with E-state index in [4.69, 9.17) is 11.6 Å². The zero-order chi connectivity index (χ0) is 20.8. The molecule has 0 aliphatic carbocycles. The van der Waals surface area contributed by atoms with Crippen LogP contribution in [0.2, 0.25) is 5.02 Å². The number of para-hydroxylation sites is 1. The Morgan fingerprint density at radius 1 is 1.21 bits per heavy atom. The van der Waals surface area contributed by atoms with Gasteiger partial charge in [0.05, 0.1) is 43.8 Å². The van der Waals surface area contributed by atoms with Gasteiger partial charge in [0, 0.05) is 6.04 Å². The second kappa shape index (κ2) is 9.89. The lowest BCUT2D eigenvalue weighted by atomic mass is 10.2. The van der Waals surface area contributed by atoms with Crippen LogP contribution in [0.1, 0.15) is 26.7 Å². The molecule has 3 rings (SSSR count). The van der Waals surface area contributed by atoms with Gasteiger partial charge in [-0.3, -0.25) is 9.59 Å². The number of hydrogen-bond donors (Lipinski definition) is 2. The SMILES string of the molecule is CCC(CC)NC(=O)C[NH+]1CCN(c2cnn(-c3ccccc3)c(=O)c2Cl)CC1. The first-order valence-corrected chi connectivity index (χ1v) is 10.6. The van der Waals surface area contributed by atoms with Gasteiger partial charge in [-0.1, -0.05) is 43.6 Å². The van der Waals surface area contributed by atoms with Crippen LogP contribution < -0.4 is 20.7 Å². The van der Waals surface area contributed by atoms with Crippen LogP contribution in [-0.2, 0) is 4.79 Å². The Balaban J connectivity index is 1.62. The number of carbonyl (C=O) groups is 1.